The summed E-state index contributed by atoms with van der Waals surface area (Å²) >= 11 is 0. The molecule has 0 saturated carbocycles. The lowest BCUT2D eigenvalue weighted by Gasteiger charge is -2.38. The Morgan fingerprint density at radius 1 is 1.17 bits per heavy atom. The number of para-hydroxylation sites is 1. The van der Waals surface area contributed by atoms with Crippen LogP contribution < -0.4 is 0 Å². The van der Waals surface area contributed by atoms with E-state index in [1.54, 1.807) is 12.1 Å². The summed E-state index contributed by atoms with van der Waals surface area (Å²) in [6.45, 7) is 6.56. The zero-order chi connectivity index (χ0) is 16.2. The Kier molecular flexibility index (Phi) is 5.21. The minimum Gasteiger partial charge on any atom is -0.508 e. The lowest BCUT2D eigenvalue weighted by atomic mass is 9.89. The van der Waals surface area contributed by atoms with Gasteiger partial charge in [-0.1, -0.05) is 18.2 Å². The van der Waals surface area contributed by atoms with Gasteiger partial charge in [-0.05, 0) is 57.7 Å². The van der Waals surface area contributed by atoms with Gasteiger partial charge in [0.1, 0.15) is 5.75 Å². The molecule has 0 aromatic heterocycles. The quantitative estimate of drug-likeness (QED) is 0.929. The van der Waals surface area contributed by atoms with Gasteiger partial charge in [-0.2, -0.15) is 0 Å². The summed E-state index contributed by atoms with van der Waals surface area (Å²) < 4.78 is 0. The van der Waals surface area contributed by atoms with Gasteiger partial charge in [0.05, 0.1) is 6.42 Å². The van der Waals surface area contributed by atoms with Crippen molar-refractivity contribution in [2.75, 3.05) is 26.2 Å². The molecule has 2 aliphatic rings. The molecule has 0 bridgehead atoms. The van der Waals surface area contributed by atoms with Crippen LogP contribution in [0.2, 0.25) is 0 Å². The Labute approximate surface area is 139 Å². The fourth-order valence-electron chi connectivity index (χ4n) is 4.01. The molecule has 0 radical (unpaired) electrons. The first-order valence-corrected chi connectivity index (χ1v) is 8.94. The molecule has 1 atom stereocenters. The number of carbonyl (C=O) groups excluding carboxylic acids is 1. The molecule has 2 heterocycles. The highest BCUT2D eigenvalue weighted by Gasteiger charge is 2.30. The second kappa shape index (κ2) is 7.35. The summed E-state index contributed by atoms with van der Waals surface area (Å²) in [6.07, 6.45) is 5.18. The fraction of sp³-hybridized carbons (Fsp3) is 0.632. The SMILES string of the molecule is C[C@@H](C1CCN(C(=O)Cc2ccccc2O)CC1)N1CCCC1. The molecule has 1 N–H and O–H groups in total. The highest BCUT2D eigenvalue weighted by molar-refractivity contribution is 5.79. The number of aromatic hydroxyl groups is 1. The van der Waals surface area contributed by atoms with Gasteiger partial charge in [-0.25, -0.2) is 0 Å². The van der Waals surface area contributed by atoms with Crippen LogP contribution in [-0.4, -0.2) is 53.0 Å². The number of hydrogen-bond acceptors (Lipinski definition) is 3. The van der Waals surface area contributed by atoms with E-state index in [1.165, 1.54) is 25.9 Å². The number of phenolic OH excluding ortho intramolecular Hbond substituents is 1. The lowest BCUT2D eigenvalue weighted by molar-refractivity contribution is -0.132. The third kappa shape index (κ3) is 3.86. The van der Waals surface area contributed by atoms with Crippen LogP contribution in [0.5, 0.6) is 5.75 Å². The number of hydrogen-bond donors (Lipinski definition) is 1. The standard InChI is InChI=1S/C19H28N2O2/c1-15(20-10-4-5-11-20)16-8-12-21(13-9-16)19(23)14-17-6-2-3-7-18(17)22/h2-3,6-7,15-16,22H,4-5,8-14H2,1H3/t15-/m0/s1. The number of carbonyl (C=O) groups is 1. The van der Waals surface area contributed by atoms with Gasteiger partial charge in [0.2, 0.25) is 5.91 Å². The summed E-state index contributed by atoms with van der Waals surface area (Å²) in [5, 5.41) is 9.82. The Morgan fingerprint density at radius 2 is 1.83 bits per heavy atom. The van der Waals surface area contributed by atoms with E-state index in [-0.39, 0.29) is 11.7 Å². The van der Waals surface area contributed by atoms with E-state index >= 15 is 0 Å². The smallest absolute Gasteiger partial charge is 0.227 e. The van der Waals surface area contributed by atoms with Crippen LogP contribution in [0.15, 0.2) is 24.3 Å². The van der Waals surface area contributed by atoms with Crippen LogP contribution in [0.25, 0.3) is 0 Å². The highest BCUT2D eigenvalue weighted by Crippen LogP contribution is 2.27. The maximum absolute atomic E-state index is 12.5. The summed E-state index contributed by atoms with van der Waals surface area (Å²) in [7, 11) is 0. The average molecular weight is 316 g/mol. The Bertz CT molecular complexity index is 532. The maximum Gasteiger partial charge on any atom is 0.227 e. The molecule has 0 aliphatic carbocycles. The first kappa shape index (κ1) is 16.3. The predicted octanol–water partition coefficient (Wildman–Crippen LogP) is 2.66. The van der Waals surface area contributed by atoms with Crippen LogP contribution in [0.1, 0.15) is 38.2 Å². The topological polar surface area (TPSA) is 43.8 Å². The van der Waals surface area contributed by atoms with Crippen molar-refractivity contribution in [3.8, 4) is 5.75 Å². The average Bonchev–Trinajstić information content (AvgIpc) is 3.11. The summed E-state index contributed by atoms with van der Waals surface area (Å²) in [5.74, 6) is 1.07. The van der Waals surface area contributed by atoms with E-state index in [4.69, 9.17) is 0 Å². The first-order chi connectivity index (χ1) is 11.1. The first-order valence-electron chi connectivity index (χ1n) is 8.94. The molecule has 0 unspecified atom stereocenters. The van der Waals surface area contributed by atoms with Crippen molar-refractivity contribution in [2.45, 2.75) is 45.1 Å². The second-order valence-electron chi connectivity index (χ2n) is 7.01. The van der Waals surface area contributed by atoms with E-state index < -0.39 is 0 Å². The normalized spacial score (nSPS) is 21.5. The molecule has 4 heteroatoms. The van der Waals surface area contributed by atoms with Crippen LogP contribution in [0, 0.1) is 5.92 Å². The van der Waals surface area contributed by atoms with Crippen LogP contribution >= 0.6 is 0 Å². The number of nitrogens with zero attached hydrogens (tertiary/aromatic N) is 2. The Hall–Kier alpha value is -1.55. The van der Waals surface area contributed by atoms with E-state index in [0.717, 1.165) is 31.5 Å². The zero-order valence-corrected chi connectivity index (χ0v) is 14.1. The number of benzene rings is 1. The summed E-state index contributed by atoms with van der Waals surface area (Å²) in [4.78, 5) is 17.0. The van der Waals surface area contributed by atoms with E-state index in [2.05, 4.69) is 11.8 Å². The lowest BCUT2D eigenvalue weighted by Crippen LogP contribution is -2.45. The van der Waals surface area contributed by atoms with Gasteiger partial charge in [-0.15, -0.1) is 0 Å². The molecule has 2 fully saturated rings. The molecule has 2 aliphatic heterocycles. The molecule has 2 saturated heterocycles. The molecular weight excluding hydrogens is 288 g/mol. The van der Waals surface area contributed by atoms with Crippen molar-refractivity contribution in [1.82, 2.24) is 9.80 Å². The molecule has 0 spiro atoms. The minimum absolute atomic E-state index is 0.138. The third-order valence-corrected chi connectivity index (χ3v) is 5.62. The summed E-state index contributed by atoms with van der Waals surface area (Å²) in [5.41, 5.74) is 0.727. The Morgan fingerprint density at radius 3 is 2.48 bits per heavy atom. The van der Waals surface area contributed by atoms with Crippen LogP contribution in [0.3, 0.4) is 0 Å². The summed E-state index contributed by atoms with van der Waals surface area (Å²) in [6, 6.07) is 7.77. The van der Waals surface area contributed by atoms with Gasteiger partial charge in [-0.3, -0.25) is 4.79 Å². The molecule has 23 heavy (non-hydrogen) atoms. The molecule has 4 nitrogen and oxygen atoms in total. The number of phenols is 1. The van der Waals surface area contributed by atoms with Crippen molar-refractivity contribution >= 4 is 5.91 Å². The van der Waals surface area contributed by atoms with Crippen molar-refractivity contribution < 1.29 is 9.90 Å². The van der Waals surface area contributed by atoms with Crippen molar-refractivity contribution in [3.63, 3.8) is 0 Å². The van der Waals surface area contributed by atoms with E-state index in [0.29, 0.717) is 18.4 Å². The van der Waals surface area contributed by atoms with Gasteiger partial charge in [0.25, 0.3) is 0 Å². The van der Waals surface area contributed by atoms with Crippen molar-refractivity contribution in [2.24, 2.45) is 5.92 Å². The molecule has 1 aromatic rings. The van der Waals surface area contributed by atoms with E-state index in [1.807, 2.05) is 17.0 Å². The largest absolute Gasteiger partial charge is 0.508 e. The molecule has 1 amide bonds. The van der Waals surface area contributed by atoms with Crippen LogP contribution in [-0.2, 0) is 11.2 Å². The van der Waals surface area contributed by atoms with Crippen molar-refractivity contribution in [3.05, 3.63) is 29.8 Å². The fourth-order valence-corrected chi connectivity index (χ4v) is 4.01. The molecule has 126 valence electrons. The Balaban J connectivity index is 1.50. The van der Waals surface area contributed by atoms with Crippen LogP contribution in [0.4, 0.5) is 0 Å². The van der Waals surface area contributed by atoms with Gasteiger partial charge < -0.3 is 14.9 Å². The number of rotatable bonds is 4. The molecular formula is C19H28N2O2. The van der Waals surface area contributed by atoms with Gasteiger partial charge in [0, 0.05) is 24.7 Å². The zero-order valence-electron chi connectivity index (χ0n) is 14.1. The predicted molar refractivity (Wildman–Crippen MR) is 91.4 cm³/mol. The minimum atomic E-state index is 0.138. The van der Waals surface area contributed by atoms with Crippen molar-refractivity contribution in [1.29, 1.82) is 0 Å². The number of amides is 1. The van der Waals surface area contributed by atoms with E-state index in [9.17, 15) is 9.90 Å². The maximum atomic E-state index is 12.5. The third-order valence-electron chi connectivity index (χ3n) is 5.62. The number of piperidine rings is 1. The highest BCUT2D eigenvalue weighted by atomic mass is 16.3. The second-order valence-corrected chi connectivity index (χ2v) is 7.01. The molecule has 1 aromatic carbocycles. The van der Waals surface area contributed by atoms with Gasteiger partial charge >= 0.3 is 0 Å². The number of likely N-dealkylation sites (tertiary alicyclic amines) is 2. The molecule has 3 rings (SSSR count). The van der Waals surface area contributed by atoms with Gasteiger partial charge in [0.15, 0.2) is 0 Å². The monoisotopic (exact) mass is 316 g/mol.